The van der Waals surface area contributed by atoms with Crippen LogP contribution in [0, 0.1) is 11.3 Å². The van der Waals surface area contributed by atoms with E-state index in [4.69, 9.17) is 5.26 Å². The molecule has 1 unspecified atom stereocenters. The number of para-hydroxylation sites is 1. The van der Waals surface area contributed by atoms with Gasteiger partial charge < -0.3 is 5.32 Å². The van der Waals surface area contributed by atoms with Crippen molar-refractivity contribution in [3.05, 3.63) is 30.6 Å². The average Bonchev–Trinajstić information content (AvgIpc) is 2.44. The lowest BCUT2D eigenvalue weighted by Gasteiger charge is -2.19. The van der Waals surface area contributed by atoms with Crippen molar-refractivity contribution in [2.45, 2.75) is 17.5 Å². The predicted molar refractivity (Wildman–Crippen MR) is 73.3 cm³/mol. The van der Waals surface area contributed by atoms with Crippen LogP contribution in [-0.4, -0.2) is 28.3 Å². The van der Waals surface area contributed by atoms with E-state index in [2.05, 4.69) is 21.4 Å². The van der Waals surface area contributed by atoms with E-state index in [-0.39, 0.29) is 0 Å². The Morgan fingerprint density at radius 1 is 1.39 bits per heavy atom. The molecular weight excluding hydrogens is 244 g/mol. The van der Waals surface area contributed by atoms with E-state index in [0.29, 0.717) is 5.75 Å². The number of hydrogen-bond acceptors (Lipinski definition) is 5. The molecule has 18 heavy (non-hydrogen) atoms. The molecule has 1 N–H and O–H groups in total. The summed E-state index contributed by atoms with van der Waals surface area (Å²) >= 11 is 1.57. The van der Waals surface area contributed by atoms with Crippen molar-refractivity contribution >= 4 is 22.7 Å². The summed E-state index contributed by atoms with van der Waals surface area (Å²) in [6.07, 6.45) is 1.56. The number of nitriles is 1. The molecule has 0 amide bonds. The van der Waals surface area contributed by atoms with Gasteiger partial charge in [-0.2, -0.15) is 5.26 Å². The van der Waals surface area contributed by atoms with Gasteiger partial charge in [0.2, 0.25) is 0 Å². The molecule has 5 heteroatoms. The third-order valence-electron chi connectivity index (χ3n) is 2.80. The lowest BCUT2D eigenvalue weighted by Crippen LogP contribution is -2.40. The first-order valence-electron chi connectivity index (χ1n) is 5.61. The van der Waals surface area contributed by atoms with Crippen LogP contribution in [0.15, 0.2) is 35.6 Å². The molecule has 0 aliphatic heterocycles. The molecule has 1 heterocycles. The van der Waals surface area contributed by atoms with E-state index >= 15 is 0 Å². The highest BCUT2D eigenvalue weighted by molar-refractivity contribution is 7.99. The highest BCUT2D eigenvalue weighted by Crippen LogP contribution is 2.26. The molecule has 0 aliphatic rings. The fourth-order valence-electron chi connectivity index (χ4n) is 1.47. The Morgan fingerprint density at radius 3 is 2.89 bits per heavy atom. The van der Waals surface area contributed by atoms with Crippen molar-refractivity contribution in [2.24, 2.45) is 0 Å². The number of aromatic nitrogens is 2. The third-order valence-corrected chi connectivity index (χ3v) is 4.12. The number of benzene rings is 1. The molecule has 1 aromatic heterocycles. The molecule has 0 aliphatic carbocycles. The molecule has 0 bridgehead atoms. The molecule has 2 aromatic rings. The Bertz CT molecular complexity index is 588. The van der Waals surface area contributed by atoms with Crippen LogP contribution in [0.25, 0.3) is 10.9 Å². The predicted octanol–water partition coefficient (Wildman–Crippen LogP) is 2.22. The van der Waals surface area contributed by atoms with E-state index in [1.807, 2.05) is 31.2 Å². The van der Waals surface area contributed by atoms with Gasteiger partial charge in [0.1, 0.15) is 16.9 Å². The molecule has 1 atom stereocenters. The smallest absolute Gasteiger partial charge is 0.117 e. The molecular formula is C13H14N4S. The van der Waals surface area contributed by atoms with Crippen molar-refractivity contribution in [3.8, 4) is 6.07 Å². The minimum absolute atomic E-state index is 0.545. The Balaban J connectivity index is 2.25. The molecule has 0 saturated carbocycles. The van der Waals surface area contributed by atoms with Crippen LogP contribution in [0.4, 0.5) is 0 Å². The molecule has 92 valence electrons. The van der Waals surface area contributed by atoms with E-state index in [0.717, 1.165) is 15.9 Å². The van der Waals surface area contributed by atoms with Gasteiger partial charge in [0.05, 0.1) is 11.6 Å². The summed E-state index contributed by atoms with van der Waals surface area (Å²) in [5, 5.41) is 14.1. The van der Waals surface area contributed by atoms with Gasteiger partial charge in [-0.1, -0.05) is 18.2 Å². The first-order valence-corrected chi connectivity index (χ1v) is 6.60. The van der Waals surface area contributed by atoms with Crippen LogP contribution in [0.3, 0.4) is 0 Å². The van der Waals surface area contributed by atoms with Gasteiger partial charge in [0.15, 0.2) is 0 Å². The van der Waals surface area contributed by atoms with Crippen molar-refractivity contribution in [1.29, 1.82) is 5.26 Å². The van der Waals surface area contributed by atoms with Crippen LogP contribution in [0.1, 0.15) is 6.92 Å². The minimum atomic E-state index is -0.545. The van der Waals surface area contributed by atoms with Crippen molar-refractivity contribution in [3.63, 3.8) is 0 Å². The van der Waals surface area contributed by atoms with E-state index in [9.17, 15) is 0 Å². The zero-order valence-corrected chi connectivity index (χ0v) is 11.2. The standard InChI is InChI=1S/C13H14N4S/c1-13(7-14,15-2)8-18-12-10-5-3-4-6-11(10)16-9-17-12/h3-6,9,15H,8H2,1-2H3. The van der Waals surface area contributed by atoms with E-state index in [1.165, 1.54) is 0 Å². The van der Waals surface area contributed by atoms with Gasteiger partial charge in [-0.05, 0) is 20.0 Å². The number of hydrogen-bond donors (Lipinski definition) is 1. The normalized spacial score (nSPS) is 14.1. The second kappa shape index (κ2) is 5.34. The second-order valence-electron chi connectivity index (χ2n) is 4.18. The lowest BCUT2D eigenvalue weighted by atomic mass is 10.1. The summed E-state index contributed by atoms with van der Waals surface area (Å²) in [4.78, 5) is 8.51. The maximum absolute atomic E-state index is 9.12. The largest absolute Gasteiger partial charge is 0.302 e. The van der Waals surface area contributed by atoms with Crippen molar-refractivity contribution < 1.29 is 0 Å². The van der Waals surface area contributed by atoms with Crippen LogP contribution < -0.4 is 5.32 Å². The van der Waals surface area contributed by atoms with Crippen LogP contribution >= 0.6 is 11.8 Å². The molecule has 1 aromatic carbocycles. The fraction of sp³-hybridized carbons (Fsp3) is 0.308. The van der Waals surface area contributed by atoms with Gasteiger partial charge in [-0.25, -0.2) is 9.97 Å². The van der Waals surface area contributed by atoms with Gasteiger partial charge >= 0.3 is 0 Å². The maximum Gasteiger partial charge on any atom is 0.117 e. The third kappa shape index (κ3) is 2.61. The Morgan fingerprint density at radius 2 is 2.17 bits per heavy atom. The van der Waals surface area contributed by atoms with Crippen LogP contribution in [-0.2, 0) is 0 Å². The average molecular weight is 258 g/mol. The van der Waals surface area contributed by atoms with Crippen LogP contribution in [0.5, 0.6) is 0 Å². The Labute approximate surface area is 110 Å². The quantitative estimate of drug-likeness (QED) is 0.673. The van der Waals surface area contributed by atoms with Crippen molar-refractivity contribution in [2.75, 3.05) is 12.8 Å². The van der Waals surface area contributed by atoms with Crippen LogP contribution in [0.2, 0.25) is 0 Å². The minimum Gasteiger partial charge on any atom is -0.302 e. The van der Waals surface area contributed by atoms with E-state index < -0.39 is 5.54 Å². The molecule has 2 rings (SSSR count). The zero-order chi connectivity index (χ0) is 13.0. The summed E-state index contributed by atoms with van der Waals surface area (Å²) in [6.45, 7) is 1.88. The first kappa shape index (κ1) is 12.8. The zero-order valence-electron chi connectivity index (χ0n) is 10.3. The van der Waals surface area contributed by atoms with Crippen molar-refractivity contribution in [1.82, 2.24) is 15.3 Å². The molecule has 0 spiro atoms. The Hall–Kier alpha value is -1.64. The highest BCUT2D eigenvalue weighted by atomic mass is 32.2. The van der Waals surface area contributed by atoms with Gasteiger partial charge in [0, 0.05) is 11.1 Å². The van der Waals surface area contributed by atoms with Gasteiger partial charge in [0.25, 0.3) is 0 Å². The second-order valence-corrected chi connectivity index (χ2v) is 5.14. The number of nitrogens with zero attached hydrogens (tertiary/aromatic N) is 3. The summed E-state index contributed by atoms with van der Waals surface area (Å²) < 4.78 is 0. The monoisotopic (exact) mass is 258 g/mol. The number of nitrogens with one attached hydrogen (secondary N) is 1. The number of rotatable bonds is 4. The fourth-order valence-corrected chi connectivity index (χ4v) is 2.55. The number of thioether (sulfide) groups is 1. The SMILES string of the molecule is CNC(C)(C#N)CSc1ncnc2ccccc12. The van der Waals surface area contributed by atoms with Gasteiger partial charge in [-0.15, -0.1) is 11.8 Å². The molecule has 0 fully saturated rings. The first-order chi connectivity index (χ1) is 8.68. The molecule has 4 nitrogen and oxygen atoms in total. The highest BCUT2D eigenvalue weighted by Gasteiger charge is 2.22. The summed E-state index contributed by atoms with van der Waals surface area (Å²) in [5.74, 6) is 0.640. The summed E-state index contributed by atoms with van der Waals surface area (Å²) in [7, 11) is 1.79. The summed E-state index contributed by atoms with van der Waals surface area (Å²) in [5.41, 5.74) is 0.384. The Kier molecular flexibility index (Phi) is 3.80. The molecule has 0 saturated heterocycles. The maximum atomic E-state index is 9.12. The molecule has 0 radical (unpaired) electrons. The lowest BCUT2D eigenvalue weighted by molar-refractivity contribution is 0.550. The van der Waals surface area contributed by atoms with E-state index in [1.54, 1.807) is 25.1 Å². The topological polar surface area (TPSA) is 61.6 Å². The summed E-state index contributed by atoms with van der Waals surface area (Å²) in [6, 6.07) is 10.2. The number of fused-ring (bicyclic) bond motifs is 1. The van der Waals surface area contributed by atoms with Gasteiger partial charge in [-0.3, -0.25) is 0 Å².